The number of carbonyl (C=O) groups is 3. The number of benzene rings is 2. The highest BCUT2D eigenvalue weighted by atomic mass is 35.5. The van der Waals surface area contributed by atoms with E-state index in [1.54, 1.807) is 60.1 Å². The van der Waals surface area contributed by atoms with Crippen molar-refractivity contribution in [2.75, 3.05) is 17.7 Å². The summed E-state index contributed by atoms with van der Waals surface area (Å²) in [5.41, 5.74) is 1.36. The largest absolute Gasteiger partial charge is 0.462 e. The minimum atomic E-state index is -0.429. The number of anilines is 1. The van der Waals surface area contributed by atoms with Crippen molar-refractivity contribution in [2.45, 2.75) is 38.4 Å². The number of amides is 2. The molecule has 11 heteroatoms. The normalized spacial score (nSPS) is 11.7. The van der Waals surface area contributed by atoms with E-state index in [4.69, 9.17) is 16.3 Å². The molecular weight excluding hydrogens is 514 g/mol. The molecule has 1 aromatic heterocycles. The lowest BCUT2D eigenvalue weighted by Crippen LogP contribution is -2.33. The zero-order valence-corrected chi connectivity index (χ0v) is 22.7. The predicted octanol–water partition coefficient (Wildman–Crippen LogP) is 4.89. The lowest BCUT2D eigenvalue weighted by atomic mass is 10.0. The van der Waals surface area contributed by atoms with Crippen molar-refractivity contribution in [3.63, 3.8) is 0 Å². The Bertz CT molecular complexity index is 1250. The van der Waals surface area contributed by atoms with Crippen LogP contribution in [0.1, 0.15) is 59.8 Å². The van der Waals surface area contributed by atoms with Gasteiger partial charge in [0.2, 0.25) is 5.91 Å². The third-order valence-corrected chi connectivity index (χ3v) is 6.63. The number of halogens is 1. The molecule has 196 valence electrons. The van der Waals surface area contributed by atoms with E-state index < -0.39 is 5.97 Å². The quantitative estimate of drug-likeness (QED) is 0.261. The van der Waals surface area contributed by atoms with Crippen LogP contribution in [0.4, 0.5) is 5.69 Å². The number of esters is 1. The Morgan fingerprint density at radius 3 is 2.49 bits per heavy atom. The molecule has 0 radical (unpaired) electrons. The van der Waals surface area contributed by atoms with Crippen molar-refractivity contribution in [1.29, 1.82) is 0 Å². The molecule has 2 N–H and O–H groups in total. The summed E-state index contributed by atoms with van der Waals surface area (Å²) in [4.78, 5) is 37.4. The summed E-state index contributed by atoms with van der Waals surface area (Å²) >= 11 is 7.14. The molecule has 0 saturated carbocycles. The van der Waals surface area contributed by atoms with E-state index in [0.29, 0.717) is 39.4 Å². The number of carbonyl (C=O) groups excluding carboxylic acids is 3. The van der Waals surface area contributed by atoms with Crippen molar-refractivity contribution in [2.24, 2.45) is 13.0 Å². The van der Waals surface area contributed by atoms with Gasteiger partial charge in [0.25, 0.3) is 5.91 Å². The summed E-state index contributed by atoms with van der Waals surface area (Å²) < 4.78 is 6.92. The fourth-order valence-electron chi connectivity index (χ4n) is 3.41. The molecule has 1 heterocycles. The smallest absolute Gasteiger partial charge is 0.338 e. The van der Waals surface area contributed by atoms with Gasteiger partial charge in [-0.25, -0.2) is 4.79 Å². The zero-order valence-electron chi connectivity index (χ0n) is 21.2. The first-order valence-corrected chi connectivity index (χ1v) is 13.2. The summed E-state index contributed by atoms with van der Waals surface area (Å²) in [6, 6.07) is 12.9. The van der Waals surface area contributed by atoms with Crippen LogP contribution in [0.2, 0.25) is 5.02 Å². The van der Waals surface area contributed by atoms with Crippen molar-refractivity contribution < 1.29 is 19.1 Å². The van der Waals surface area contributed by atoms with Crippen molar-refractivity contribution >= 4 is 46.8 Å². The summed E-state index contributed by atoms with van der Waals surface area (Å²) in [5, 5.41) is 15.4. The van der Waals surface area contributed by atoms with Crippen LogP contribution in [0, 0.1) is 5.92 Å². The second-order valence-corrected chi connectivity index (χ2v) is 10.0. The number of aromatic nitrogens is 3. The molecule has 1 atom stereocenters. The van der Waals surface area contributed by atoms with E-state index in [1.807, 2.05) is 20.8 Å². The first-order chi connectivity index (χ1) is 17.7. The molecule has 3 rings (SSSR count). The van der Waals surface area contributed by atoms with E-state index in [-0.39, 0.29) is 29.5 Å². The minimum Gasteiger partial charge on any atom is -0.462 e. The summed E-state index contributed by atoms with van der Waals surface area (Å²) in [7, 11) is 1.80. The van der Waals surface area contributed by atoms with Gasteiger partial charge in [0.15, 0.2) is 11.0 Å². The van der Waals surface area contributed by atoms with Gasteiger partial charge in [-0.05, 0) is 54.8 Å². The number of hydrogen-bond acceptors (Lipinski definition) is 7. The van der Waals surface area contributed by atoms with Crippen LogP contribution in [-0.2, 0) is 16.6 Å². The summed E-state index contributed by atoms with van der Waals surface area (Å²) in [6.45, 7) is 6.22. The first kappa shape index (κ1) is 28.2. The second-order valence-electron chi connectivity index (χ2n) is 8.66. The number of ether oxygens (including phenoxy) is 1. The van der Waals surface area contributed by atoms with Gasteiger partial charge in [0.1, 0.15) is 0 Å². The van der Waals surface area contributed by atoms with Crippen molar-refractivity contribution in [3.8, 4) is 0 Å². The molecule has 0 aliphatic heterocycles. The van der Waals surface area contributed by atoms with E-state index in [2.05, 4.69) is 20.8 Å². The van der Waals surface area contributed by atoms with Gasteiger partial charge in [-0.2, -0.15) is 0 Å². The predicted molar refractivity (Wildman–Crippen MR) is 144 cm³/mol. The standard InChI is InChI=1S/C26H30ClN5O4S/c1-5-13-36-25(35)18-7-6-8-20(14-18)28-21(33)15-37-26-31-30-23(32(26)4)22(16(2)3)29-24(34)17-9-11-19(27)12-10-17/h6-12,14,16,22H,5,13,15H2,1-4H3,(H,28,33)(H,29,34)/t22-/m1/s1. The van der Waals surface area contributed by atoms with Gasteiger partial charge >= 0.3 is 5.97 Å². The highest BCUT2D eigenvalue weighted by molar-refractivity contribution is 7.99. The summed E-state index contributed by atoms with van der Waals surface area (Å²) in [6.07, 6.45) is 0.732. The lowest BCUT2D eigenvalue weighted by Gasteiger charge is -2.21. The second kappa shape index (κ2) is 13.3. The Balaban J connectivity index is 1.62. The molecule has 0 aliphatic rings. The molecule has 0 bridgehead atoms. The number of nitrogens with zero attached hydrogens (tertiary/aromatic N) is 3. The molecular formula is C26H30ClN5O4S. The van der Waals surface area contributed by atoms with E-state index in [1.165, 1.54) is 11.8 Å². The Morgan fingerprint density at radius 2 is 1.81 bits per heavy atom. The summed E-state index contributed by atoms with van der Waals surface area (Å²) in [5.74, 6) is -0.227. The Kier molecular flexibility index (Phi) is 10.1. The lowest BCUT2D eigenvalue weighted by molar-refractivity contribution is -0.113. The topological polar surface area (TPSA) is 115 Å². The number of hydrogen-bond donors (Lipinski definition) is 2. The minimum absolute atomic E-state index is 0.0385. The molecule has 0 saturated heterocycles. The van der Waals surface area contributed by atoms with Gasteiger partial charge in [-0.3, -0.25) is 9.59 Å². The van der Waals surface area contributed by atoms with E-state index in [0.717, 1.165) is 6.42 Å². The van der Waals surface area contributed by atoms with Gasteiger partial charge in [-0.1, -0.05) is 50.2 Å². The zero-order chi connectivity index (χ0) is 26.9. The van der Waals surface area contributed by atoms with E-state index in [9.17, 15) is 14.4 Å². The van der Waals surface area contributed by atoms with Gasteiger partial charge < -0.3 is 19.9 Å². The molecule has 0 fully saturated rings. The van der Waals surface area contributed by atoms with Crippen LogP contribution in [0.3, 0.4) is 0 Å². The maximum Gasteiger partial charge on any atom is 0.338 e. The molecule has 2 amide bonds. The highest BCUT2D eigenvalue weighted by Gasteiger charge is 2.25. The maximum absolute atomic E-state index is 12.8. The number of thioether (sulfide) groups is 1. The molecule has 3 aromatic rings. The Hall–Kier alpha value is -3.37. The SMILES string of the molecule is CCCOC(=O)c1cccc(NC(=O)CSc2nnc([C@H](NC(=O)c3ccc(Cl)cc3)C(C)C)n2C)c1. The van der Waals surface area contributed by atoms with Crippen LogP contribution < -0.4 is 10.6 Å². The van der Waals surface area contributed by atoms with Gasteiger partial charge in [-0.15, -0.1) is 10.2 Å². The highest BCUT2D eigenvalue weighted by Crippen LogP contribution is 2.25. The van der Waals surface area contributed by atoms with Gasteiger partial charge in [0, 0.05) is 23.3 Å². The van der Waals surface area contributed by atoms with Crippen LogP contribution in [-0.4, -0.2) is 44.9 Å². The molecule has 9 nitrogen and oxygen atoms in total. The van der Waals surface area contributed by atoms with Crippen LogP contribution >= 0.6 is 23.4 Å². The molecule has 0 unspecified atom stereocenters. The van der Waals surface area contributed by atoms with Crippen LogP contribution in [0.5, 0.6) is 0 Å². The van der Waals surface area contributed by atoms with E-state index >= 15 is 0 Å². The van der Waals surface area contributed by atoms with Crippen LogP contribution in [0.25, 0.3) is 0 Å². The van der Waals surface area contributed by atoms with Crippen LogP contribution in [0.15, 0.2) is 53.7 Å². The van der Waals surface area contributed by atoms with Crippen molar-refractivity contribution in [3.05, 3.63) is 70.5 Å². The Labute approximate surface area is 225 Å². The third kappa shape index (κ3) is 7.80. The number of rotatable bonds is 11. The average molecular weight is 544 g/mol. The Morgan fingerprint density at radius 1 is 1.08 bits per heavy atom. The molecule has 0 aliphatic carbocycles. The van der Waals surface area contributed by atoms with Gasteiger partial charge in [0.05, 0.1) is 24.0 Å². The molecule has 0 spiro atoms. The monoisotopic (exact) mass is 543 g/mol. The molecule has 2 aromatic carbocycles. The molecule has 37 heavy (non-hydrogen) atoms. The number of nitrogens with one attached hydrogen (secondary N) is 2. The maximum atomic E-state index is 12.8. The fourth-order valence-corrected chi connectivity index (χ4v) is 4.25. The average Bonchev–Trinajstić information content (AvgIpc) is 3.24. The third-order valence-electron chi connectivity index (χ3n) is 5.36. The van der Waals surface area contributed by atoms with Crippen molar-refractivity contribution in [1.82, 2.24) is 20.1 Å². The first-order valence-electron chi connectivity index (χ1n) is 11.8. The fraction of sp³-hybridized carbons (Fsp3) is 0.346.